The van der Waals surface area contributed by atoms with E-state index in [1.165, 1.54) is 6.07 Å². The van der Waals surface area contributed by atoms with Crippen LogP contribution in [0.5, 0.6) is 17.2 Å². The molecule has 2 amide bonds. The van der Waals surface area contributed by atoms with Gasteiger partial charge in [0.25, 0.3) is 5.91 Å². The van der Waals surface area contributed by atoms with E-state index in [-0.39, 0.29) is 22.7 Å². The molecule has 30 heavy (non-hydrogen) atoms. The Hall–Kier alpha value is -4.01. The van der Waals surface area contributed by atoms with Crippen LogP contribution < -0.4 is 20.5 Å². The lowest BCUT2D eigenvalue weighted by atomic mass is 10.00. The number of nitrogens with two attached hydrogens (primary N) is 1. The molecule has 0 aliphatic carbocycles. The third-order valence-corrected chi connectivity index (χ3v) is 4.36. The van der Waals surface area contributed by atoms with Gasteiger partial charge in [0, 0.05) is 11.6 Å². The minimum atomic E-state index is -4.86. The Morgan fingerprint density at radius 1 is 0.967 bits per heavy atom. The first kappa shape index (κ1) is 19.3. The molecular formula is C21H13F3N2O4. The molecule has 152 valence electrons. The van der Waals surface area contributed by atoms with Crippen molar-refractivity contribution in [3.63, 3.8) is 0 Å². The fraction of sp³-hybridized carbons (Fsp3) is 0.0476. The molecule has 3 aromatic carbocycles. The lowest BCUT2D eigenvalue weighted by molar-refractivity contribution is -0.274. The third-order valence-electron chi connectivity index (χ3n) is 4.36. The maximum absolute atomic E-state index is 12.7. The van der Waals surface area contributed by atoms with Gasteiger partial charge >= 0.3 is 6.36 Å². The zero-order valence-electron chi connectivity index (χ0n) is 15.1. The quantitative estimate of drug-likeness (QED) is 0.650. The number of nitrogens with one attached hydrogen (secondary N) is 1. The predicted octanol–water partition coefficient (Wildman–Crippen LogP) is 4.71. The van der Waals surface area contributed by atoms with Crippen molar-refractivity contribution in [2.24, 2.45) is 5.73 Å². The normalized spacial score (nSPS) is 12.7. The highest BCUT2D eigenvalue weighted by molar-refractivity contribution is 6.08. The lowest BCUT2D eigenvalue weighted by Gasteiger charge is -2.12. The van der Waals surface area contributed by atoms with Gasteiger partial charge in [-0.2, -0.15) is 0 Å². The van der Waals surface area contributed by atoms with Gasteiger partial charge in [-0.25, -0.2) is 0 Å². The molecule has 0 saturated carbocycles. The average molecular weight is 414 g/mol. The summed E-state index contributed by atoms with van der Waals surface area (Å²) in [6, 6.07) is 14.8. The molecule has 0 unspecified atom stereocenters. The molecule has 3 aromatic rings. The summed E-state index contributed by atoms with van der Waals surface area (Å²) in [5.74, 6) is -1.24. The van der Waals surface area contributed by atoms with Gasteiger partial charge in [0.2, 0.25) is 5.91 Å². The number of ether oxygens (including phenoxy) is 2. The minimum Gasteiger partial charge on any atom is -0.454 e. The first-order chi connectivity index (χ1) is 14.2. The molecule has 0 bridgehead atoms. The van der Waals surface area contributed by atoms with Crippen LogP contribution in [-0.2, 0) is 0 Å². The average Bonchev–Trinajstić information content (AvgIpc) is 2.82. The highest BCUT2D eigenvalue weighted by atomic mass is 19.4. The van der Waals surface area contributed by atoms with E-state index < -0.39 is 23.9 Å². The Bertz CT molecular complexity index is 1180. The van der Waals surface area contributed by atoms with Crippen molar-refractivity contribution in [3.05, 3.63) is 71.8 Å². The van der Waals surface area contributed by atoms with Crippen LogP contribution in [0.25, 0.3) is 11.1 Å². The van der Waals surface area contributed by atoms with Crippen LogP contribution in [-0.4, -0.2) is 18.2 Å². The fourth-order valence-corrected chi connectivity index (χ4v) is 3.03. The van der Waals surface area contributed by atoms with E-state index in [4.69, 9.17) is 10.5 Å². The second-order valence-electron chi connectivity index (χ2n) is 6.42. The van der Waals surface area contributed by atoms with Gasteiger partial charge in [-0.3, -0.25) is 9.59 Å². The minimum absolute atomic E-state index is 0.0372. The number of amides is 2. The summed E-state index contributed by atoms with van der Waals surface area (Å²) in [5, 5.41) is 2.53. The van der Waals surface area contributed by atoms with E-state index in [0.29, 0.717) is 16.7 Å². The second-order valence-corrected chi connectivity index (χ2v) is 6.42. The van der Waals surface area contributed by atoms with Gasteiger partial charge in [0.05, 0.1) is 11.3 Å². The fourth-order valence-electron chi connectivity index (χ4n) is 3.03. The molecule has 0 aromatic heterocycles. The number of halogens is 3. The summed E-state index contributed by atoms with van der Waals surface area (Å²) in [4.78, 5) is 24.1. The molecule has 1 aliphatic heterocycles. The predicted molar refractivity (Wildman–Crippen MR) is 102 cm³/mol. The van der Waals surface area contributed by atoms with E-state index in [9.17, 15) is 22.8 Å². The highest BCUT2D eigenvalue weighted by Crippen LogP contribution is 2.40. The SMILES string of the molecule is NC(=O)c1cccc(-c2ccc3c(c2)C(=O)Nc2cc(OC(F)(F)F)ccc2O3)c1. The van der Waals surface area contributed by atoms with Crippen molar-refractivity contribution in [2.75, 3.05) is 5.32 Å². The summed E-state index contributed by atoms with van der Waals surface area (Å²) in [5.41, 5.74) is 7.12. The molecule has 9 heteroatoms. The number of anilines is 1. The van der Waals surface area contributed by atoms with Gasteiger partial charge in [-0.05, 0) is 47.5 Å². The zero-order chi connectivity index (χ0) is 21.5. The number of carbonyl (C=O) groups is 2. The number of hydrogen-bond acceptors (Lipinski definition) is 4. The monoisotopic (exact) mass is 414 g/mol. The van der Waals surface area contributed by atoms with Crippen molar-refractivity contribution >= 4 is 17.5 Å². The van der Waals surface area contributed by atoms with Crippen molar-refractivity contribution in [1.29, 1.82) is 0 Å². The van der Waals surface area contributed by atoms with E-state index >= 15 is 0 Å². The number of primary amides is 1. The Morgan fingerprint density at radius 2 is 1.70 bits per heavy atom. The molecule has 1 aliphatic rings. The molecule has 1 heterocycles. The standard InChI is InChI=1S/C21H13F3N2O4/c22-21(23,24)30-14-5-7-18-16(10-14)26-20(28)15-9-12(4-6-17(15)29-18)11-2-1-3-13(8-11)19(25)27/h1-10H,(H2,25,27)(H,26,28). The Labute approximate surface area is 168 Å². The van der Waals surface area contributed by atoms with Crippen LogP contribution in [0.1, 0.15) is 20.7 Å². The van der Waals surface area contributed by atoms with Crippen LogP contribution in [0.2, 0.25) is 0 Å². The van der Waals surface area contributed by atoms with E-state index in [1.807, 2.05) is 0 Å². The summed E-state index contributed by atoms with van der Waals surface area (Å²) in [6.45, 7) is 0. The third kappa shape index (κ3) is 3.90. The first-order valence-corrected chi connectivity index (χ1v) is 8.63. The molecular weight excluding hydrogens is 401 g/mol. The number of carbonyl (C=O) groups excluding carboxylic acids is 2. The summed E-state index contributed by atoms with van der Waals surface area (Å²) < 4.78 is 47.0. The van der Waals surface area contributed by atoms with Crippen molar-refractivity contribution in [3.8, 4) is 28.4 Å². The van der Waals surface area contributed by atoms with E-state index in [1.54, 1.807) is 42.5 Å². The van der Waals surface area contributed by atoms with Crippen molar-refractivity contribution in [1.82, 2.24) is 0 Å². The highest BCUT2D eigenvalue weighted by Gasteiger charge is 2.32. The molecule has 3 N–H and O–H groups in total. The summed E-state index contributed by atoms with van der Waals surface area (Å²) in [6.07, 6.45) is -4.86. The number of alkyl halides is 3. The van der Waals surface area contributed by atoms with E-state index in [2.05, 4.69) is 10.1 Å². The van der Waals surface area contributed by atoms with Crippen molar-refractivity contribution in [2.45, 2.75) is 6.36 Å². The van der Waals surface area contributed by atoms with Gasteiger partial charge in [-0.15, -0.1) is 13.2 Å². The lowest BCUT2D eigenvalue weighted by Crippen LogP contribution is -2.17. The number of fused-ring (bicyclic) bond motifs is 2. The Kier molecular flexibility index (Phi) is 4.57. The molecule has 0 fully saturated rings. The van der Waals surface area contributed by atoms with Gasteiger partial charge < -0.3 is 20.5 Å². The van der Waals surface area contributed by atoms with Crippen molar-refractivity contribution < 1.29 is 32.2 Å². The first-order valence-electron chi connectivity index (χ1n) is 8.63. The van der Waals surface area contributed by atoms with Crippen LogP contribution >= 0.6 is 0 Å². The molecule has 0 radical (unpaired) electrons. The van der Waals surface area contributed by atoms with Gasteiger partial charge in [0.1, 0.15) is 11.5 Å². The smallest absolute Gasteiger partial charge is 0.454 e. The number of rotatable bonds is 3. The summed E-state index contributed by atoms with van der Waals surface area (Å²) in [7, 11) is 0. The summed E-state index contributed by atoms with van der Waals surface area (Å²) >= 11 is 0. The number of hydrogen-bond donors (Lipinski definition) is 2. The molecule has 4 rings (SSSR count). The van der Waals surface area contributed by atoms with E-state index in [0.717, 1.165) is 12.1 Å². The Balaban J connectivity index is 1.69. The van der Waals surface area contributed by atoms with Crippen LogP contribution in [0.3, 0.4) is 0 Å². The molecule has 0 spiro atoms. The van der Waals surface area contributed by atoms with Crippen LogP contribution in [0.15, 0.2) is 60.7 Å². The van der Waals surface area contributed by atoms with Crippen LogP contribution in [0.4, 0.5) is 18.9 Å². The Morgan fingerprint density at radius 3 is 2.43 bits per heavy atom. The van der Waals surface area contributed by atoms with Gasteiger partial charge in [-0.1, -0.05) is 18.2 Å². The largest absolute Gasteiger partial charge is 0.573 e. The second kappa shape index (κ2) is 7.11. The molecule has 6 nitrogen and oxygen atoms in total. The number of benzene rings is 3. The molecule has 0 saturated heterocycles. The maximum atomic E-state index is 12.7. The topological polar surface area (TPSA) is 90.7 Å². The van der Waals surface area contributed by atoms with Crippen LogP contribution in [0, 0.1) is 0 Å². The zero-order valence-corrected chi connectivity index (χ0v) is 15.1. The maximum Gasteiger partial charge on any atom is 0.573 e. The van der Waals surface area contributed by atoms with Gasteiger partial charge in [0.15, 0.2) is 5.75 Å². The molecule has 0 atom stereocenters.